The Morgan fingerprint density at radius 2 is 1.86 bits per heavy atom. The maximum Gasteiger partial charge on any atom is 0.271 e. The second-order valence-corrected chi connectivity index (χ2v) is 6.21. The van der Waals surface area contributed by atoms with Crippen molar-refractivity contribution in [2.24, 2.45) is 0 Å². The molecule has 6 heteroatoms. The van der Waals surface area contributed by atoms with Crippen LogP contribution in [0.5, 0.6) is 5.75 Å². The lowest BCUT2D eigenvalue weighted by Gasteiger charge is -2.21. The first-order valence-corrected chi connectivity index (χ1v) is 9.28. The third kappa shape index (κ3) is 4.85. The number of nitrogens with one attached hydrogen (secondary N) is 1. The first-order chi connectivity index (χ1) is 13.7. The maximum atomic E-state index is 12.3. The number of ether oxygens (including phenoxy) is 1. The van der Waals surface area contributed by atoms with Crippen LogP contribution in [-0.4, -0.2) is 36.3 Å². The molecule has 0 fully saturated rings. The van der Waals surface area contributed by atoms with Crippen molar-refractivity contribution in [2.45, 2.75) is 13.3 Å². The van der Waals surface area contributed by atoms with Gasteiger partial charge in [-0.2, -0.15) is 0 Å². The molecular weight excluding hydrogens is 352 g/mol. The summed E-state index contributed by atoms with van der Waals surface area (Å²) in [5.74, 6) is 1.29. The van der Waals surface area contributed by atoms with Gasteiger partial charge in [0.05, 0.1) is 7.11 Å². The predicted octanol–water partition coefficient (Wildman–Crippen LogP) is 3.62. The summed E-state index contributed by atoms with van der Waals surface area (Å²) in [6.45, 7) is 3.32. The van der Waals surface area contributed by atoms with E-state index in [1.807, 2.05) is 72.5 Å². The third-order valence-electron chi connectivity index (χ3n) is 4.38. The molecule has 6 nitrogen and oxygen atoms in total. The molecule has 0 bridgehead atoms. The van der Waals surface area contributed by atoms with Gasteiger partial charge in [-0.1, -0.05) is 30.3 Å². The zero-order valence-corrected chi connectivity index (χ0v) is 16.1. The second-order valence-electron chi connectivity index (χ2n) is 6.21. The van der Waals surface area contributed by atoms with Crippen molar-refractivity contribution in [1.29, 1.82) is 0 Å². The predicted molar refractivity (Wildman–Crippen MR) is 110 cm³/mol. The number of hydrogen-bond donors (Lipinski definition) is 1. The highest BCUT2D eigenvalue weighted by Gasteiger charge is 2.12. The molecule has 28 heavy (non-hydrogen) atoms. The third-order valence-corrected chi connectivity index (χ3v) is 4.38. The molecule has 0 saturated carbocycles. The Morgan fingerprint density at radius 3 is 2.54 bits per heavy atom. The molecule has 0 aliphatic rings. The SMILES string of the molecule is CCN(c1ccccc1)c1ccc(C(=O)NCCc2cccc(OC)c2)nn1. The molecule has 1 aromatic heterocycles. The number of amides is 1. The van der Waals surface area contributed by atoms with Crippen molar-refractivity contribution in [2.75, 3.05) is 25.1 Å². The zero-order chi connectivity index (χ0) is 19.8. The lowest BCUT2D eigenvalue weighted by Crippen LogP contribution is -2.27. The van der Waals surface area contributed by atoms with Crippen LogP contribution in [0.2, 0.25) is 0 Å². The van der Waals surface area contributed by atoms with E-state index in [4.69, 9.17) is 4.74 Å². The average Bonchev–Trinajstić information content (AvgIpc) is 2.75. The topological polar surface area (TPSA) is 67.4 Å². The first-order valence-electron chi connectivity index (χ1n) is 9.28. The molecule has 0 spiro atoms. The minimum atomic E-state index is -0.232. The van der Waals surface area contributed by atoms with E-state index in [-0.39, 0.29) is 5.91 Å². The number of carbonyl (C=O) groups excluding carboxylic acids is 1. The van der Waals surface area contributed by atoms with E-state index in [0.29, 0.717) is 24.5 Å². The van der Waals surface area contributed by atoms with Gasteiger partial charge in [-0.25, -0.2) is 0 Å². The van der Waals surface area contributed by atoms with E-state index in [1.165, 1.54) is 0 Å². The van der Waals surface area contributed by atoms with Gasteiger partial charge in [-0.05, 0) is 55.3 Å². The van der Waals surface area contributed by atoms with Gasteiger partial charge in [0.2, 0.25) is 0 Å². The summed E-state index contributed by atoms with van der Waals surface area (Å²) < 4.78 is 5.21. The summed E-state index contributed by atoms with van der Waals surface area (Å²) in [6, 6.07) is 21.3. The monoisotopic (exact) mass is 376 g/mol. The highest BCUT2D eigenvalue weighted by atomic mass is 16.5. The molecule has 1 N–H and O–H groups in total. The summed E-state index contributed by atoms with van der Waals surface area (Å²) in [6.07, 6.45) is 0.714. The van der Waals surface area contributed by atoms with Crippen molar-refractivity contribution in [3.8, 4) is 5.75 Å². The van der Waals surface area contributed by atoms with E-state index in [0.717, 1.165) is 23.5 Å². The molecule has 3 aromatic rings. The average molecular weight is 376 g/mol. The van der Waals surface area contributed by atoms with Crippen molar-refractivity contribution < 1.29 is 9.53 Å². The van der Waals surface area contributed by atoms with Crippen LogP contribution in [0.4, 0.5) is 11.5 Å². The van der Waals surface area contributed by atoms with Crippen LogP contribution in [0.15, 0.2) is 66.7 Å². The van der Waals surface area contributed by atoms with Crippen LogP contribution in [0.1, 0.15) is 23.0 Å². The van der Waals surface area contributed by atoms with Gasteiger partial charge in [0.15, 0.2) is 11.5 Å². The standard InChI is InChI=1S/C22H24N4O2/c1-3-26(18-9-5-4-6-10-18)21-13-12-20(24-25-21)22(27)23-15-14-17-8-7-11-19(16-17)28-2/h4-13,16H,3,14-15H2,1-2H3,(H,23,27). The number of carbonyl (C=O) groups is 1. The van der Waals surface area contributed by atoms with E-state index in [9.17, 15) is 4.79 Å². The van der Waals surface area contributed by atoms with Crippen LogP contribution in [0.25, 0.3) is 0 Å². The van der Waals surface area contributed by atoms with E-state index in [2.05, 4.69) is 15.5 Å². The molecule has 0 atom stereocenters. The molecule has 0 saturated heterocycles. The Balaban J connectivity index is 1.58. The quantitative estimate of drug-likeness (QED) is 0.650. The van der Waals surface area contributed by atoms with Gasteiger partial charge < -0.3 is 15.0 Å². The molecule has 0 unspecified atom stereocenters. The van der Waals surface area contributed by atoms with E-state index < -0.39 is 0 Å². The molecule has 2 aromatic carbocycles. The summed E-state index contributed by atoms with van der Waals surface area (Å²) >= 11 is 0. The van der Waals surface area contributed by atoms with Crippen molar-refractivity contribution in [3.05, 3.63) is 78.0 Å². The molecule has 0 aliphatic heterocycles. The fourth-order valence-corrected chi connectivity index (χ4v) is 2.91. The van der Waals surface area contributed by atoms with E-state index >= 15 is 0 Å². The Kier molecular flexibility index (Phi) is 6.57. The van der Waals surface area contributed by atoms with Crippen LogP contribution in [0.3, 0.4) is 0 Å². The smallest absolute Gasteiger partial charge is 0.271 e. The fraction of sp³-hybridized carbons (Fsp3) is 0.227. The minimum absolute atomic E-state index is 0.232. The number of aromatic nitrogens is 2. The lowest BCUT2D eigenvalue weighted by atomic mass is 10.1. The lowest BCUT2D eigenvalue weighted by molar-refractivity contribution is 0.0948. The Hall–Kier alpha value is -3.41. The number of para-hydroxylation sites is 1. The summed E-state index contributed by atoms with van der Waals surface area (Å²) in [5.41, 5.74) is 2.44. The van der Waals surface area contributed by atoms with Crippen LogP contribution < -0.4 is 15.0 Å². The number of rotatable bonds is 8. The van der Waals surface area contributed by atoms with Crippen LogP contribution in [-0.2, 0) is 6.42 Å². The molecule has 0 radical (unpaired) electrons. The molecule has 0 aliphatic carbocycles. The highest BCUT2D eigenvalue weighted by molar-refractivity contribution is 5.92. The number of nitrogens with zero attached hydrogens (tertiary/aromatic N) is 3. The Bertz CT molecular complexity index is 898. The highest BCUT2D eigenvalue weighted by Crippen LogP contribution is 2.22. The van der Waals surface area contributed by atoms with Crippen molar-refractivity contribution in [1.82, 2.24) is 15.5 Å². The summed E-state index contributed by atoms with van der Waals surface area (Å²) in [4.78, 5) is 14.4. The first kappa shape index (κ1) is 19.4. The number of anilines is 2. The van der Waals surface area contributed by atoms with Crippen molar-refractivity contribution >= 4 is 17.4 Å². The number of hydrogen-bond acceptors (Lipinski definition) is 5. The normalized spacial score (nSPS) is 10.4. The summed E-state index contributed by atoms with van der Waals surface area (Å²) in [5, 5.41) is 11.2. The maximum absolute atomic E-state index is 12.3. The zero-order valence-electron chi connectivity index (χ0n) is 16.1. The molecule has 144 valence electrons. The molecule has 1 amide bonds. The van der Waals surface area contributed by atoms with Gasteiger partial charge in [-0.3, -0.25) is 4.79 Å². The van der Waals surface area contributed by atoms with Gasteiger partial charge in [0.25, 0.3) is 5.91 Å². The van der Waals surface area contributed by atoms with Gasteiger partial charge >= 0.3 is 0 Å². The van der Waals surface area contributed by atoms with Gasteiger partial charge in [-0.15, -0.1) is 10.2 Å². The Morgan fingerprint density at radius 1 is 1.04 bits per heavy atom. The van der Waals surface area contributed by atoms with E-state index in [1.54, 1.807) is 13.2 Å². The van der Waals surface area contributed by atoms with Gasteiger partial charge in [0, 0.05) is 18.8 Å². The largest absolute Gasteiger partial charge is 0.497 e. The van der Waals surface area contributed by atoms with Crippen molar-refractivity contribution in [3.63, 3.8) is 0 Å². The second kappa shape index (κ2) is 9.50. The molecule has 3 rings (SSSR count). The number of methoxy groups -OCH3 is 1. The molecule has 1 heterocycles. The fourth-order valence-electron chi connectivity index (χ4n) is 2.91. The van der Waals surface area contributed by atoms with Crippen LogP contribution >= 0.6 is 0 Å². The Labute approximate surface area is 165 Å². The minimum Gasteiger partial charge on any atom is -0.497 e. The van der Waals surface area contributed by atoms with Gasteiger partial charge in [0.1, 0.15) is 5.75 Å². The van der Waals surface area contributed by atoms with Crippen LogP contribution in [0, 0.1) is 0 Å². The molecular formula is C22H24N4O2. The number of benzene rings is 2. The summed E-state index contributed by atoms with van der Waals surface area (Å²) in [7, 11) is 1.64.